The van der Waals surface area contributed by atoms with Gasteiger partial charge in [-0.25, -0.2) is 0 Å². The van der Waals surface area contributed by atoms with Gasteiger partial charge in [-0.2, -0.15) is 0 Å². The first kappa shape index (κ1) is 20.6. The van der Waals surface area contributed by atoms with Crippen LogP contribution in [0, 0.1) is 0 Å². The van der Waals surface area contributed by atoms with Gasteiger partial charge in [-0.1, -0.05) is 64.2 Å². The van der Waals surface area contributed by atoms with E-state index in [1.165, 1.54) is 51.4 Å². The molecule has 21 heavy (non-hydrogen) atoms. The van der Waals surface area contributed by atoms with Gasteiger partial charge in [-0.05, 0) is 19.8 Å². The van der Waals surface area contributed by atoms with Crippen LogP contribution in [0.25, 0.3) is 0 Å². The summed E-state index contributed by atoms with van der Waals surface area (Å²) in [7, 11) is 0. The molecule has 0 radical (unpaired) electrons. The Balaban J connectivity index is 3.04. The highest BCUT2D eigenvalue weighted by molar-refractivity contribution is 5.75. The molecule has 0 unspecified atom stereocenters. The number of hydrogen-bond donors (Lipinski definition) is 3. The predicted molar refractivity (Wildman–Crippen MR) is 84.7 cm³/mol. The molecule has 0 bridgehead atoms. The third kappa shape index (κ3) is 19.6. The lowest BCUT2D eigenvalue weighted by Gasteiger charge is -2.12. The van der Waals surface area contributed by atoms with Crippen LogP contribution in [0.5, 0.6) is 0 Å². The van der Waals surface area contributed by atoms with E-state index in [9.17, 15) is 4.79 Å². The highest BCUT2D eigenvalue weighted by atomic mass is 16.7. The van der Waals surface area contributed by atoms with E-state index in [2.05, 4.69) is 0 Å². The van der Waals surface area contributed by atoms with Crippen molar-refractivity contribution in [2.24, 2.45) is 0 Å². The summed E-state index contributed by atoms with van der Waals surface area (Å²) < 4.78 is 0. The van der Waals surface area contributed by atoms with Gasteiger partial charge in [0.15, 0.2) is 0 Å². The van der Waals surface area contributed by atoms with Gasteiger partial charge in [-0.3, -0.25) is 0 Å². The fourth-order valence-corrected chi connectivity index (χ4v) is 2.50. The lowest BCUT2D eigenvalue weighted by atomic mass is 10.0. The molecule has 0 aliphatic rings. The summed E-state index contributed by atoms with van der Waals surface area (Å²) in [5.41, 5.74) is 0. The molecule has 0 saturated carbocycles. The fraction of sp³-hybridized carbons (Fsp3) is 0.941. The summed E-state index contributed by atoms with van der Waals surface area (Å²) in [5.74, 6) is -2.18. The molecule has 0 aliphatic heterocycles. The van der Waals surface area contributed by atoms with Crippen LogP contribution in [-0.4, -0.2) is 27.1 Å². The van der Waals surface area contributed by atoms with Crippen LogP contribution in [0.1, 0.15) is 96.8 Å². The largest absolute Gasteiger partial charge is 0.344 e. The van der Waals surface area contributed by atoms with Crippen LogP contribution in [0.4, 0.5) is 0 Å². The van der Waals surface area contributed by atoms with Gasteiger partial charge in [0.1, 0.15) is 5.78 Å². The van der Waals surface area contributed by atoms with Crippen molar-refractivity contribution in [3.63, 3.8) is 0 Å². The molecule has 0 rings (SSSR count). The maximum Gasteiger partial charge on any atom is 0.275 e. The van der Waals surface area contributed by atoms with E-state index in [0.29, 0.717) is 12.2 Å². The molecule has 0 atom stereocenters. The Morgan fingerprint density at radius 3 is 1.33 bits per heavy atom. The minimum atomic E-state index is -2.48. The Hall–Kier alpha value is -0.450. The van der Waals surface area contributed by atoms with Crippen molar-refractivity contribution in [1.82, 2.24) is 0 Å². The van der Waals surface area contributed by atoms with Gasteiger partial charge in [0.2, 0.25) is 0 Å². The Morgan fingerprint density at radius 1 is 0.667 bits per heavy atom. The van der Waals surface area contributed by atoms with Crippen LogP contribution in [-0.2, 0) is 4.79 Å². The highest BCUT2D eigenvalue weighted by Gasteiger charge is 2.16. The first-order valence-electron chi connectivity index (χ1n) is 8.58. The molecule has 0 aromatic rings. The highest BCUT2D eigenvalue weighted by Crippen LogP contribution is 2.14. The molecular weight excluding hydrogens is 268 g/mol. The molecule has 0 spiro atoms. The van der Waals surface area contributed by atoms with Crippen molar-refractivity contribution < 1.29 is 20.1 Å². The summed E-state index contributed by atoms with van der Waals surface area (Å²) in [6.45, 7) is 1.66. The number of ketones is 1. The van der Waals surface area contributed by atoms with E-state index in [0.717, 1.165) is 25.7 Å². The predicted octanol–water partition coefficient (Wildman–Crippen LogP) is 3.67. The Bertz CT molecular complexity index is 246. The third-order valence-corrected chi connectivity index (χ3v) is 3.79. The molecule has 0 fully saturated rings. The van der Waals surface area contributed by atoms with E-state index in [-0.39, 0.29) is 6.42 Å². The molecule has 4 heteroatoms. The van der Waals surface area contributed by atoms with Crippen molar-refractivity contribution in [3.05, 3.63) is 0 Å². The molecule has 0 saturated heterocycles. The monoisotopic (exact) mass is 302 g/mol. The van der Waals surface area contributed by atoms with Gasteiger partial charge in [0.25, 0.3) is 5.97 Å². The molecule has 126 valence electrons. The number of carbonyl (C=O) groups is 1. The average molecular weight is 302 g/mol. The number of unbranched alkanes of at least 4 members (excludes halogenated alkanes) is 11. The van der Waals surface area contributed by atoms with Crippen LogP contribution in [0.3, 0.4) is 0 Å². The molecular formula is C17H34O4. The summed E-state index contributed by atoms with van der Waals surface area (Å²) >= 11 is 0. The lowest BCUT2D eigenvalue weighted by molar-refractivity contribution is -0.315. The van der Waals surface area contributed by atoms with E-state index in [1.807, 2.05) is 0 Å². The second-order valence-electron chi connectivity index (χ2n) is 6.22. The van der Waals surface area contributed by atoms with E-state index in [1.54, 1.807) is 6.92 Å². The standard InChI is InChI=1S/C17H34O4/c1-16(18)14-12-10-8-6-4-2-3-5-7-9-11-13-15-17(19,20)21/h19-21H,2-15H2,1H3. The zero-order valence-electron chi connectivity index (χ0n) is 13.6. The van der Waals surface area contributed by atoms with Gasteiger partial charge >= 0.3 is 0 Å². The first-order chi connectivity index (χ1) is 9.92. The van der Waals surface area contributed by atoms with Crippen LogP contribution >= 0.6 is 0 Å². The van der Waals surface area contributed by atoms with E-state index >= 15 is 0 Å². The zero-order valence-corrected chi connectivity index (χ0v) is 13.6. The Kier molecular flexibility index (Phi) is 12.9. The second kappa shape index (κ2) is 13.2. The van der Waals surface area contributed by atoms with Gasteiger partial charge < -0.3 is 20.1 Å². The second-order valence-corrected chi connectivity index (χ2v) is 6.22. The average Bonchev–Trinajstić information content (AvgIpc) is 2.37. The summed E-state index contributed by atoms with van der Waals surface area (Å²) in [4.78, 5) is 10.8. The van der Waals surface area contributed by atoms with Crippen molar-refractivity contribution in [3.8, 4) is 0 Å². The molecule has 0 heterocycles. The molecule has 0 amide bonds. The molecule has 0 aromatic heterocycles. The maximum atomic E-state index is 10.8. The van der Waals surface area contributed by atoms with Crippen molar-refractivity contribution in [2.75, 3.05) is 0 Å². The minimum absolute atomic E-state index is 0.0383. The number of carbonyl (C=O) groups excluding carboxylic acids is 1. The quantitative estimate of drug-likeness (QED) is 0.318. The molecule has 4 nitrogen and oxygen atoms in total. The van der Waals surface area contributed by atoms with E-state index < -0.39 is 5.97 Å². The molecule has 0 aromatic carbocycles. The molecule has 0 aliphatic carbocycles. The topological polar surface area (TPSA) is 77.8 Å². The van der Waals surface area contributed by atoms with Gasteiger partial charge in [0.05, 0.1) is 0 Å². The minimum Gasteiger partial charge on any atom is -0.344 e. The van der Waals surface area contributed by atoms with Crippen LogP contribution in [0.15, 0.2) is 0 Å². The number of hydrogen-bond acceptors (Lipinski definition) is 4. The SMILES string of the molecule is CC(=O)CCCCCCCCCCCCCCC(O)(O)O. The van der Waals surface area contributed by atoms with Crippen LogP contribution < -0.4 is 0 Å². The fourth-order valence-electron chi connectivity index (χ4n) is 2.50. The normalized spacial score (nSPS) is 11.8. The Labute approximate surface area is 129 Å². The number of rotatable bonds is 15. The van der Waals surface area contributed by atoms with Crippen molar-refractivity contribution in [2.45, 2.75) is 103 Å². The van der Waals surface area contributed by atoms with E-state index in [4.69, 9.17) is 15.3 Å². The van der Waals surface area contributed by atoms with Crippen molar-refractivity contribution in [1.29, 1.82) is 0 Å². The maximum absolute atomic E-state index is 10.8. The summed E-state index contributed by atoms with van der Waals surface area (Å²) in [6.07, 6.45) is 14.5. The lowest BCUT2D eigenvalue weighted by Crippen LogP contribution is -2.26. The first-order valence-corrected chi connectivity index (χ1v) is 8.58. The number of Topliss-reactive ketones (excluding diaryl/α,β-unsaturated/α-hetero) is 1. The van der Waals surface area contributed by atoms with Gasteiger partial charge in [-0.15, -0.1) is 0 Å². The summed E-state index contributed by atoms with van der Waals surface area (Å²) in [5, 5.41) is 26.1. The smallest absolute Gasteiger partial charge is 0.275 e. The molecule has 3 N–H and O–H groups in total. The summed E-state index contributed by atoms with van der Waals surface area (Å²) in [6, 6.07) is 0. The van der Waals surface area contributed by atoms with Gasteiger partial charge in [0, 0.05) is 12.8 Å². The zero-order chi connectivity index (χ0) is 16.0. The third-order valence-electron chi connectivity index (χ3n) is 3.79. The van der Waals surface area contributed by atoms with Crippen molar-refractivity contribution >= 4 is 5.78 Å². The number of aliphatic hydroxyl groups is 3. The Morgan fingerprint density at radius 2 is 1.00 bits per heavy atom. The van der Waals surface area contributed by atoms with Crippen LogP contribution in [0.2, 0.25) is 0 Å².